The average molecular weight is 275 g/mol. The van der Waals surface area contributed by atoms with Crippen LogP contribution in [-0.2, 0) is 6.42 Å². The molecule has 0 aliphatic heterocycles. The van der Waals surface area contributed by atoms with Crippen molar-refractivity contribution in [3.05, 3.63) is 51.2 Å². The number of rotatable bonds is 5. The van der Waals surface area contributed by atoms with Crippen LogP contribution in [0.2, 0.25) is 0 Å². The minimum atomic E-state index is 0.343. The highest BCUT2D eigenvalue weighted by Crippen LogP contribution is 2.29. The number of hydrogen-bond acceptors (Lipinski definition) is 3. The van der Waals surface area contributed by atoms with Gasteiger partial charge < -0.3 is 10.1 Å². The zero-order valence-corrected chi connectivity index (χ0v) is 12.8. The number of benzene rings is 1. The van der Waals surface area contributed by atoms with E-state index in [2.05, 4.69) is 48.8 Å². The van der Waals surface area contributed by atoms with Crippen LogP contribution in [0, 0.1) is 13.8 Å². The summed E-state index contributed by atoms with van der Waals surface area (Å²) in [5.74, 6) is 0.945. The lowest BCUT2D eigenvalue weighted by atomic mass is 10.0. The van der Waals surface area contributed by atoms with Crippen LogP contribution in [0.5, 0.6) is 5.75 Å². The molecule has 0 aliphatic rings. The molecule has 0 saturated carbocycles. The van der Waals surface area contributed by atoms with E-state index in [-0.39, 0.29) is 0 Å². The summed E-state index contributed by atoms with van der Waals surface area (Å²) in [7, 11) is 3.73. The highest BCUT2D eigenvalue weighted by molar-refractivity contribution is 7.10. The molecule has 2 aromatic rings. The molecule has 1 N–H and O–H groups in total. The molecule has 1 atom stereocenters. The van der Waals surface area contributed by atoms with Crippen LogP contribution < -0.4 is 10.1 Å². The number of thiophene rings is 1. The molecule has 0 aliphatic carbocycles. The molecule has 0 fully saturated rings. The lowest BCUT2D eigenvalue weighted by Gasteiger charge is -2.15. The van der Waals surface area contributed by atoms with Crippen LogP contribution in [-0.4, -0.2) is 14.2 Å². The van der Waals surface area contributed by atoms with Crippen LogP contribution in [0.4, 0.5) is 0 Å². The Balaban J connectivity index is 2.18. The maximum Gasteiger partial charge on any atom is 0.129 e. The Bertz CT molecular complexity index is 527. The quantitative estimate of drug-likeness (QED) is 0.894. The van der Waals surface area contributed by atoms with Gasteiger partial charge >= 0.3 is 0 Å². The van der Waals surface area contributed by atoms with Crippen LogP contribution in [0.3, 0.4) is 0 Å². The Morgan fingerprint density at radius 2 is 1.84 bits per heavy atom. The predicted molar refractivity (Wildman–Crippen MR) is 82.3 cm³/mol. The largest absolute Gasteiger partial charge is 0.496 e. The summed E-state index contributed by atoms with van der Waals surface area (Å²) in [5, 5.41) is 5.45. The number of likely N-dealkylation sites (N-methyl/N-ethyl adjacent to an activating group) is 1. The third-order valence-electron chi connectivity index (χ3n) is 3.24. The topological polar surface area (TPSA) is 21.3 Å². The fourth-order valence-corrected chi connectivity index (χ4v) is 3.36. The van der Waals surface area contributed by atoms with Crippen molar-refractivity contribution in [3.8, 4) is 5.75 Å². The van der Waals surface area contributed by atoms with Crippen molar-refractivity contribution in [1.82, 2.24) is 5.32 Å². The van der Waals surface area contributed by atoms with Gasteiger partial charge in [0.05, 0.1) is 7.11 Å². The second kappa shape index (κ2) is 6.22. The van der Waals surface area contributed by atoms with Gasteiger partial charge in [-0.2, -0.15) is 0 Å². The molecule has 102 valence electrons. The van der Waals surface area contributed by atoms with Gasteiger partial charge in [-0.15, -0.1) is 11.3 Å². The van der Waals surface area contributed by atoms with Crippen molar-refractivity contribution in [1.29, 1.82) is 0 Å². The smallest absolute Gasteiger partial charge is 0.129 e. The minimum Gasteiger partial charge on any atom is -0.496 e. The van der Waals surface area contributed by atoms with Crippen molar-refractivity contribution in [2.75, 3.05) is 14.2 Å². The van der Waals surface area contributed by atoms with Gasteiger partial charge in [-0.25, -0.2) is 0 Å². The minimum absolute atomic E-state index is 0.343. The second-order valence-corrected chi connectivity index (χ2v) is 5.87. The molecule has 0 amide bonds. The van der Waals surface area contributed by atoms with Gasteiger partial charge in [0.25, 0.3) is 0 Å². The number of hydrogen-bond donors (Lipinski definition) is 1. The van der Waals surface area contributed by atoms with E-state index in [1.54, 1.807) is 18.4 Å². The molecule has 2 nitrogen and oxygen atoms in total. The second-order valence-electron chi connectivity index (χ2n) is 4.93. The molecule has 1 heterocycles. The van der Waals surface area contributed by atoms with Gasteiger partial charge in [-0.1, -0.05) is 29.3 Å². The van der Waals surface area contributed by atoms with Gasteiger partial charge in [0.15, 0.2) is 0 Å². The molecular weight excluding hydrogens is 254 g/mol. The molecule has 0 spiro atoms. The van der Waals surface area contributed by atoms with Gasteiger partial charge in [-0.05, 0) is 38.9 Å². The first-order valence-corrected chi connectivity index (χ1v) is 7.37. The monoisotopic (exact) mass is 275 g/mol. The number of nitrogens with one attached hydrogen (secondary N) is 1. The van der Waals surface area contributed by atoms with Gasteiger partial charge in [0, 0.05) is 16.3 Å². The van der Waals surface area contributed by atoms with E-state index in [1.807, 2.05) is 7.05 Å². The number of aryl methyl sites for hydroxylation is 2. The van der Waals surface area contributed by atoms with Crippen LogP contribution >= 0.6 is 11.3 Å². The molecule has 1 unspecified atom stereocenters. The first kappa shape index (κ1) is 14.1. The lowest BCUT2D eigenvalue weighted by molar-refractivity contribution is 0.416. The summed E-state index contributed by atoms with van der Waals surface area (Å²) in [6.07, 6.45) is 1.00. The average Bonchev–Trinajstić information content (AvgIpc) is 2.83. The van der Waals surface area contributed by atoms with Crippen LogP contribution in [0.1, 0.15) is 27.6 Å². The Kier molecular flexibility index (Phi) is 4.61. The zero-order chi connectivity index (χ0) is 13.8. The lowest BCUT2D eigenvalue weighted by Crippen LogP contribution is -2.17. The first-order valence-electron chi connectivity index (χ1n) is 6.49. The predicted octanol–water partition coefficient (Wildman–Crippen LogP) is 3.88. The van der Waals surface area contributed by atoms with Crippen molar-refractivity contribution < 1.29 is 4.74 Å². The molecular formula is C16H21NOS. The fourth-order valence-electron chi connectivity index (χ4n) is 2.39. The van der Waals surface area contributed by atoms with E-state index in [1.165, 1.54) is 21.6 Å². The van der Waals surface area contributed by atoms with Crippen molar-refractivity contribution in [3.63, 3.8) is 0 Å². The summed E-state index contributed by atoms with van der Waals surface area (Å²) in [6, 6.07) is 9.21. The van der Waals surface area contributed by atoms with E-state index in [4.69, 9.17) is 4.74 Å². The maximum absolute atomic E-state index is 5.26. The fraction of sp³-hybridized carbons (Fsp3) is 0.375. The number of ether oxygens (including phenoxy) is 1. The summed E-state index contributed by atoms with van der Waals surface area (Å²) >= 11 is 1.75. The SMILES string of the molecule is CNC(Cc1cc(C)cc(C)c1)c1cc(OC)cs1. The Morgan fingerprint density at radius 1 is 1.16 bits per heavy atom. The third-order valence-corrected chi connectivity index (χ3v) is 4.27. The summed E-state index contributed by atoms with van der Waals surface area (Å²) in [5.41, 5.74) is 4.03. The van der Waals surface area contributed by atoms with Crippen LogP contribution in [0.25, 0.3) is 0 Å². The molecule has 2 rings (SSSR count). The highest BCUT2D eigenvalue weighted by atomic mass is 32.1. The van der Waals surface area contributed by atoms with Crippen molar-refractivity contribution >= 4 is 11.3 Å². The van der Waals surface area contributed by atoms with Crippen LogP contribution in [0.15, 0.2) is 29.6 Å². The van der Waals surface area contributed by atoms with E-state index >= 15 is 0 Å². The summed E-state index contributed by atoms with van der Waals surface area (Å²) in [4.78, 5) is 1.32. The Labute approximate surface area is 119 Å². The Hall–Kier alpha value is -1.32. The third kappa shape index (κ3) is 3.58. The maximum atomic E-state index is 5.26. The number of methoxy groups -OCH3 is 1. The summed E-state index contributed by atoms with van der Waals surface area (Å²) in [6.45, 7) is 4.30. The molecule has 1 aromatic heterocycles. The molecule has 3 heteroatoms. The zero-order valence-electron chi connectivity index (χ0n) is 12.0. The molecule has 19 heavy (non-hydrogen) atoms. The van der Waals surface area contributed by atoms with Gasteiger partial charge in [0.2, 0.25) is 0 Å². The van der Waals surface area contributed by atoms with E-state index in [0.717, 1.165) is 12.2 Å². The summed E-state index contributed by atoms with van der Waals surface area (Å²) < 4.78 is 5.26. The van der Waals surface area contributed by atoms with E-state index in [0.29, 0.717) is 6.04 Å². The molecule has 0 saturated heterocycles. The van der Waals surface area contributed by atoms with E-state index in [9.17, 15) is 0 Å². The Morgan fingerprint density at radius 3 is 2.37 bits per heavy atom. The standard InChI is InChI=1S/C16H21NOS/c1-11-5-12(2)7-13(6-11)8-15(17-3)16-9-14(18-4)10-19-16/h5-7,9-10,15,17H,8H2,1-4H3. The normalized spacial score (nSPS) is 12.4. The molecule has 0 bridgehead atoms. The van der Waals surface area contributed by atoms with Crippen molar-refractivity contribution in [2.45, 2.75) is 26.3 Å². The molecule has 1 aromatic carbocycles. The van der Waals surface area contributed by atoms with Gasteiger partial charge in [0.1, 0.15) is 5.75 Å². The highest BCUT2D eigenvalue weighted by Gasteiger charge is 2.13. The van der Waals surface area contributed by atoms with E-state index < -0.39 is 0 Å². The van der Waals surface area contributed by atoms with Crippen molar-refractivity contribution in [2.24, 2.45) is 0 Å². The first-order chi connectivity index (χ1) is 9.12. The van der Waals surface area contributed by atoms with Gasteiger partial charge in [-0.3, -0.25) is 0 Å². The molecule has 0 radical (unpaired) electrons.